The summed E-state index contributed by atoms with van der Waals surface area (Å²) in [6.45, 7) is 0. The van der Waals surface area contributed by atoms with Crippen LogP contribution in [0.1, 0.15) is 25.7 Å². The second kappa shape index (κ2) is 4.41. The quantitative estimate of drug-likeness (QED) is 0.621. The van der Waals surface area contributed by atoms with Crippen molar-refractivity contribution >= 4 is 11.8 Å². The number of likely N-dealkylation sites (N-methyl/N-ethyl adjacent to an activating group) is 1. The van der Waals surface area contributed by atoms with Crippen LogP contribution in [0, 0.1) is 0 Å². The van der Waals surface area contributed by atoms with Crippen molar-refractivity contribution in [2.75, 3.05) is 7.05 Å². The van der Waals surface area contributed by atoms with Crippen LogP contribution in [-0.4, -0.2) is 35.8 Å². The Morgan fingerprint density at radius 3 is 2.43 bits per heavy atom. The molecule has 0 bridgehead atoms. The Morgan fingerprint density at radius 1 is 1.50 bits per heavy atom. The lowest BCUT2D eigenvalue weighted by atomic mass is 9.91. The van der Waals surface area contributed by atoms with Crippen molar-refractivity contribution < 1.29 is 9.59 Å². The number of carbonyl (C=O) groups is 2. The highest BCUT2D eigenvalue weighted by molar-refractivity contribution is 5.87. The Labute approximate surface area is 83.4 Å². The molecule has 1 saturated carbocycles. The van der Waals surface area contributed by atoms with E-state index in [1.807, 2.05) is 0 Å². The number of hydrogen-bond acceptors (Lipinski definition) is 3. The lowest BCUT2D eigenvalue weighted by Gasteiger charge is -2.35. The van der Waals surface area contributed by atoms with Gasteiger partial charge in [-0.25, -0.2) is 0 Å². The molecule has 4 N–H and O–H groups in total. The molecule has 0 aromatic rings. The van der Waals surface area contributed by atoms with Gasteiger partial charge in [-0.05, 0) is 19.3 Å². The molecule has 1 fully saturated rings. The summed E-state index contributed by atoms with van der Waals surface area (Å²) in [5.74, 6) is -0.721. The molecule has 1 aliphatic rings. The zero-order valence-corrected chi connectivity index (χ0v) is 8.40. The van der Waals surface area contributed by atoms with Crippen molar-refractivity contribution in [2.45, 2.75) is 37.8 Å². The van der Waals surface area contributed by atoms with E-state index in [4.69, 9.17) is 11.5 Å². The van der Waals surface area contributed by atoms with Gasteiger partial charge in [0.1, 0.15) is 0 Å². The highest BCUT2D eigenvalue weighted by Crippen LogP contribution is 2.23. The molecule has 0 aromatic carbocycles. The Bertz CT molecular complexity index is 238. The smallest absolute Gasteiger partial charge is 0.240 e. The normalized spacial score (nSPS) is 18.4. The first kappa shape index (κ1) is 11.0. The van der Waals surface area contributed by atoms with E-state index in [2.05, 4.69) is 0 Å². The molecular weight excluding hydrogens is 182 g/mol. The van der Waals surface area contributed by atoms with Gasteiger partial charge in [-0.3, -0.25) is 9.59 Å². The van der Waals surface area contributed by atoms with Crippen LogP contribution in [0.15, 0.2) is 0 Å². The molecule has 0 aromatic heterocycles. The molecule has 2 amide bonds. The van der Waals surface area contributed by atoms with Crippen LogP contribution in [0.3, 0.4) is 0 Å². The molecule has 1 aliphatic carbocycles. The van der Waals surface area contributed by atoms with Gasteiger partial charge in [0, 0.05) is 13.1 Å². The molecule has 14 heavy (non-hydrogen) atoms. The van der Waals surface area contributed by atoms with Gasteiger partial charge < -0.3 is 16.4 Å². The van der Waals surface area contributed by atoms with Crippen molar-refractivity contribution in [3.8, 4) is 0 Å². The molecule has 1 atom stereocenters. The molecule has 0 spiro atoms. The van der Waals surface area contributed by atoms with E-state index >= 15 is 0 Å². The van der Waals surface area contributed by atoms with E-state index in [0.717, 1.165) is 19.3 Å². The summed E-state index contributed by atoms with van der Waals surface area (Å²) in [4.78, 5) is 23.8. The Hall–Kier alpha value is -1.10. The molecule has 0 saturated heterocycles. The standard InChI is InChI=1S/C9H17N3O2/c1-12(6-3-2-4-6)9(14)7(10)5-8(11)13/h6-7H,2-5,10H2,1H3,(H2,11,13). The summed E-state index contributed by atoms with van der Waals surface area (Å²) in [7, 11) is 1.73. The number of amides is 2. The van der Waals surface area contributed by atoms with Crippen molar-refractivity contribution in [3.05, 3.63) is 0 Å². The fraction of sp³-hybridized carbons (Fsp3) is 0.778. The van der Waals surface area contributed by atoms with Crippen LogP contribution in [0.5, 0.6) is 0 Å². The van der Waals surface area contributed by atoms with Gasteiger partial charge in [0.15, 0.2) is 0 Å². The SMILES string of the molecule is CN(C(=O)C(N)CC(N)=O)C1CCC1. The van der Waals surface area contributed by atoms with Crippen molar-refractivity contribution in [3.63, 3.8) is 0 Å². The molecule has 0 radical (unpaired) electrons. The minimum atomic E-state index is -0.780. The van der Waals surface area contributed by atoms with E-state index in [0.29, 0.717) is 6.04 Å². The van der Waals surface area contributed by atoms with Crippen LogP contribution in [0.2, 0.25) is 0 Å². The number of rotatable bonds is 4. The average molecular weight is 199 g/mol. The van der Waals surface area contributed by atoms with Crippen LogP contribution in [0.25, 0.3) is 0 Å². The van der Waals surface area contributed by atoms with E-state index in [1.54, 1.807) is 11.9 Å². The highest BCUT2D eigenvalue weighted by atomic mass is 16.2. The minimum absolute atomic E-state index is 0.0735. The second-order valence-electron chi connectivity index (χ2n) is 3.81. The molecular formula is C9H17N3O2. The van der Waals surface area contributed by atoms with Crippen LogP contribution in [0.4, 0.5) is 0 Å². The van der Waals surface area contributed by atoms with E-state index in [9.17, 15) is 9.59 Å². The predicted molar refractivity (Wildman–Crippen MR) is 52.2 cm³/mol. The van der Waals surface area contributed by atoms with Crippen LogP contribution >= 0.6 is 0 Å². The highest BCUT2D eigenvalue weighted by Gasteiger charge is 2.28. The number of primary amides is 1. The first-order valence-electron chi connectivity index (χ1n) is 4.83. The molecule has 80 valence electrons. The number of nitrogens with zero attached hydrogens (tertiary/aromatic N) is 1. The Morgan fingerprint density at radius 2 is 2.07 bits per heavy atom. The first-order valence-corrected chi connectivity index (χ1v) is 4.83. The van der Waals surface area contributed by atoms with Gasteiger partial charge in [-0.1, -0.05) is 0 Å². The summed E-state index contributed by atoms with van der Waals surface area (Å²) in [6.07, 6.45) is 3.15. The maximum Gasteiger partial charge on any atom is 0.240 e. The lowest BCUT2D eigenvalue weighted by molar-refractivity contribution is -0.136. The summed E-state index contributed by atoms with van der Waals surface area (Å²) in [5.41, 5.74) is 10.5. The Kier molecular flexibility index (Phi) is 3.46. The summed E-state index contributed by atoms with van der Waals surface area (Å²) in [5, 5.41) is 0. The van der Waals surface area contributed by atoms with Crippen molar-refractivity contribution in [2.24, 2.45) is 11.5 Å². The van der Waals surface area contributed by atoms with E-state index < -0.39 is 11.9 Å². The molecule has 5 heteroatoms. The third-order valence-corrected chi connectivity index (χ3v) is 2.71. The molecule has 0 heterocycles. The molecule has 0 aliphatic heterocycles. The fourth-order valence-electron chi connectivity index (χ4n) is 1.52. The van der Waals surface area contributed by atoms with Crippen LogP contribution < -0.4 is 11.5 Å². The Balaban J connectivity index is 2.42. The topological polar surface area (TPSA) is 89.4 Å². The summed E-state index contributed by atoms with van der Waals surface area (Å²) < 4.78 is 0. The lowest BCUT2D eigenvalue weighted by Crippen LogP contribution is -2.49. The zero-order chi connectivity index (χ0) is 10.7. The molecule has 1 rings (SSSR count). The fourth-order valence-corrected chi connectivity index (χ4v) is 1.52. The van der Waals surface area contributed by atoms with Gasteiger partial charge in [-0.15, -0.1) is 0 Å². The molecule has 5 nitrogen and oxygen atoms in total. The number of carbonyl (C=O) groups excluding carboxylic acids is 2. The maximum atomic E-state index is 11.6. The third kappa shape index (κ3) is 2.45. The second-order valence-corrected chi connectivity index (χ2v) is 3.81. The monoisotopic (exact) mass is 199 g/mol. The van der Waals surface area contributed by atoms with Gasteiger partial charge >= 0.3 is 0 Å². The van der Waals surface area contributed by atoms with Crippen LogP contribution in [-0.2, 0) is 9.59 Å². The third-order valence-electron chi connectivity index (χ3n) is 2.71. The number of hydrogen-bond donors (Lipinski definition) is 2. The van der Waals surface area contributed by atoms with Crippen molar-refractivity contribution in [1.29, 1.82) is 0 Å². The first-order chi connectivity index (χ1) is 6.52. The predicted octanol–water partition coefficient (Wildman–Crippen LogP) is -0.800. The summed E-state index contributed by atoms with van der Waals surface area (Å²) in [6, 6.07) is -0.473. The van der Waals surface area contributed by atoms with Gasteiger partial charge in [-0.2, -0.15) is 0 Å². The van der Waals surface area contributed by atoms with E-state index in [-0.39, 0.29) is 12.3 Å². The number of nitrogens with two attached hydrogens (primary N) is 2. The molecule has 1 unspecified atom stereocenters. The van der Waals surface area contributed by atoms with Crippen molar-refractivity contribution in [1.82, 2.24) is 4.90 Å². The zero-order valence-electron chi connectivity index (χ0n) is 8.40. The van der Waals surface area contributed by atoms with Gasteiger partial charge in [0.2, 0.25) is 11.8 Å². The largest absolute Gasteiger partial charge is 0.370 e. The summed E-state index contributed by atoms with van der Waals surface area (Å²) >= 11 is 0. The maximum absolute atomic E-state index is 11.6. The minimum Gasteiger partial charge on any atom is -0.370 e. The van der Waals surface area contributed by atoms with Gasteiger partial charge in [0.05, 0.1) is 12.5 Å². The van der Waals surface area contributed by atoms with E-state index in [1.165, 1.54) is 0 Å². The van der Waals surface area contributed by atoms with Gasteiger partial charge in [0.25, 0.3) is 0 Å². The average Bonchev–Trinajstić information content (AvgIpc) is 1.98.